The molecule has 0 aliphatic heterocycles. The number of aromatic nitrogens is 1. The number of pyridine rings is 1. The molecule has 0 radical (unpaired) electrons. The molecule has 20 heavy (non-hydrogen) atoms. The monoisotopic (exact) mass is 298 g/mol. The molecule has 0 unspecified atom stereocenters. The molecule has 1 amide bonds. The van der Waals surface area contributed by atoms with Crippen LogP contribution in [-0.2, 0) is 19.6 Å². The van der Waals surface area contributed by atoms with Crippen LogP contribution < -0.4 is 10.5 Å². The number of primary amides is 1. The Morgan fingerprint density at radius 1 is 1.55 bits per heavy atom. The van der Waals surface area contributed by atoms with Crippen LogP contribution in [0.3, 0.4) is 0 Å². The zero-order valence-electron chi connectivity index (χ0n) is 9.98. The van der Waals surface area contributed by atoms with Gasteiger partial charge in [-0.05, 0) is 12.1 Å². The zero-order chi connectivity index (χ0) is 15.3. The van der Waals surface area contributed by atoms with E-state index in [1.165, 1.54) is 12.3 Å². The van der Waals surface area contributed by atoms with Gasteiger partial charge >= 0.3 is 5.97 Å². The predicted molar refractivity (Wildman–Crippen MR) is 64.5 cm³/mol. The molecule has 1 aromatic rings. The smallest absolute Gasteiger partial charge is 0.322 e. The van der Waals surface area contributed by atoms with Crippen LogP contribution in [-0.4, -0.2) is 36.4 Å². The number of carbonyl (C=O) groups is 2. The van der Waals surface area contributed by atoms with Crippen LogP contribution in [0.25, 0.3) is 0 Å². The second-order valence-electron chi connectivity index (χ2n) is 3.64. The van der Waals surface area contributed by atoms with Crippen LogP contribution in [0.2, 0.25) is 0 Å². The zero-order valence-corrected chi connectivity index (χ0v) is 10.8. The number of rotatable bonds is 6. The molecule has 4 N–H and O–H groups in total. The van der Waals surface area contributed by atoms with Gasteiger partial charge < -0.3 is 10.8 Å². The van der Waals surface area contributed by atoms with Crippen LogP contribution in [0, 0.1) is 11.3 Å². The lowest BCUT2D eigenvalue weighted by molar-refractivity contribution is -0.140. The van der Waals surface area contributed by atoms with E-state index in [2.05, 4.69) is 4.98 Å². The number of hydrogen-bond acceptors (Lipinski definition) is 6. The lowest BCUT2D eigenvalue weighted by atomic mass is 10.2. The number of nitriles is 1. The molecule has 0 saturated carbocycles. The summed E-state index contributed by atoms with van der Waals surface area (Å²) in [6.07, 6.45) is 0.506. The summed E-state index contributed by atoms with van der Waals surface area (Å²) in [5, 5.41) is 17.6. The fourth-order valence-corrected chi connectivity index (χ4v) is 2.62. The van der Waals surface area contributed by atoms with Crippen LogP contribution in [0.1, 0.15) is 12.1 Å². The minimum Gasteiger partial charge on any atom is -0.480 e. The molecule has 0 fully saturated rings. The molecule has 1 heterocycles. The van der Waals surface area contributed by atoms with E-state index >= 15 is 0 Å². The number of sulfonamides is 1. The quantitative estimate of drug-likeness (QED) is 0.578. The van der Waals surface area contributed by atoms with E-state index in [0.29, 0.717) is 0 Å². The van der Waals surface area contributed by atoms with Gasteiger partial charge in [-0.1, -0.05) is 0 Å². The molecule has 1 aromatic heterocycles. The molecule has 0 aliphatic rings. The standard InChI is InChI=1S/C10H10N4O5S/c11-5-7-8(2-1-3-13-7)20(18,19)14-6(10(16)17)4-9(12)15/h1-3,6,14H,4H2,(H2,12,15)(H,16,17)/t6-/m1/s1. The van der Waals surface area contributed by atoms with Crippen LogP contribution in [0.15, 0.2) is 23.2 Å². The molecule has 0 spiro atoms. The third-order valence-corrected chi connectivity index (χ3v) is 3.67. The van der Waals surface area contributed by atoms with E-state index < -0.39 is 39.3 Å². The molecule has 0 saturated heterocycles. The Kier molecular flexibility index (Phi) is 4.73. The maximum atomic E-state index is 12.0. The molecule has 1 rings (SSSR count). The topological polar surface area (TPSA) is 163 Å². The van der Waals surface area contributed by atoms with Gasteiger partial charge in [0.25, 0.3) is 0 Å². The Morgan fingerprint density at radius 2 is 2.20 bits per heavy atom. The van der Waals surface area contributed by atoms with Crippen LogP contribution >= 0.6 is 0 Å². The first-order chi connectivity index (χ1) is 9.27. The Balaban J connectivity index is 3.14. The Hall–Kier alpha value is -2.51. The van der Waals surface area contributed by atoms with Gasteiger partial charge in [-0.3, -0.25) is 9.59 Å². The second kappa shape index (κ2) is 6.09. The summed E-state index contributed by atoms with van der Waals surface area (Å²) in [5.74, 6) is -2.54. The van der Waals surface area contributed by atoms with Crippen molar-refractivity contribution in [2.45, 2.75) is 17.4 Å². The van der Waals surface area contributed by atoms with E-state index in [4.69, 9.17) is 16.1 Å². The van der Waals surface area contributed by atoms with Crippen molar-refractivity contribution in [3.05, 3.63) is 24.0 Å². The summed E-state index contributed by atoms with van der Waals surface area (Å²) >= 11 is 0. The number of carboxylic acid groups (broad SMARTS) is 1. The maximum Gasteiger partial charge on any atom is 0.322 e. The molecule has 1 atom stereocenters. The molecule has 0 aliphatic carbocycles. The summed E-state index contributed by atoms with van der Waals surface area (Å²) in [6.45, 7) is 0. The summed E-state index contributed by atoms with van der Waals surface area (Å²) in [4.78, 5) is 24.7. The average Bonchev–Trinajstić information content (AvgIpc) is 2.37. The van der Waals surface area contributed by atoms with Crippen molar-refractivity contribution in [1.82, 2.24) is 9.71 Å². The highest BCUT2D eigenvalue weighted by molar-refractivity contribution is 7.89. The average molecular weight is 298 g/mol. The summed E-state index contributed by atoms with van der Waals surface area (Å²) < 4.78 is 25.8. The molecular formula is C10H10N4O5S. The van der Waals surface area contributed by atoms with Crippen molar-refractivity contribution in [2.24, 2.45) is 5.73 Å². The van der Waals surface area contributed by atoms with Gasteiger partial charge in [0.15, 0.2) is 5.69 Å². The molecule has 106 valence electrons. The number of carbonyl (C=O) groups excluding carboxylic acids is 1. The minimum absolute atomic E-state index is 0.386. The maximum absolute atomic E-state index is 12.0. The molecular weight excluding hydrogens is 288 g/mol. The lowest BCUT2D eigenvalue weighted by Crippen LogP contribution is -2.43. The van der Waals surface area contributed by atoms with Crippen molar-refractivity contribution in [1.29, 1.82) is 5.26 Å². The lowest BCUT2D eigenvalue weighted by Gasteiger charge is -2.13. The normalized spacial score (nSPS) is 12.3. The predicted octanol–water partition coefficient (Wildman–Crippen LogP) is -1.44. The Bertz CT molecular complexity index is 679. The number of aliphatic carboxylic acids is 1. The van der Waals surface area contributed by atoms with E-state index in [9.17, 15) is 18.0 Å². The Labute approximate surface area is 114 Å². The van der Waals surface area contributed by atoms with Gasteiger partial charge in [-0.15, -0.1) is 0 Å². The van der Waals surface area contributed by atoms with Crippen molar-refractivity contribution >= 4 is 21.9 Å². The largest absolute Gasteiger partial charge is 0.480 e. The fraction of sp³-hybridized carbons (Fsp3) is 0.200. The first-order valence-electron chi connectivity index (χ1n) is 5.16. The highest BCUT2D eigenvalue weighted by Crippen LogP contribution is 2.13. The van der Waals surface area contributed by atoms with Gasteiger partial charge in [0, 0.05) is 6.20 Å². The third kappa shape index (κ3) is 3.74. The van der Waals surface area contributed by atoms with E-state index in [-0.39, 0.29) is 5.69 Å². The van der Waals surface area contributed by atoms with Crippen molar-refractivity contribution in [2.75, 3.05) is 0 Å². The van der Waals surface area contributed by atoms with E-state index in [1.807, 2.05) is 0 Å². The van der Waals surface area contributed by atoms with E-state index in [1.54, 1.807) is 10.8 Å². The SMILES string of the molecule is N#Cc1ncccc1S(=O)(=O)N[C@H](CC(N)=O)C(=O)O. The first-order valence-corrected chi connectivity index (χ1v) is 6.65. The molecule has 0 bridgehead atoms. The second-order valence-corrected chi connectivity index (χ2v) is 5.33. The number of amides is 1. The summed E-state index contributed by atoms with van der Waals surface area (Å²) in [5.41, 5.74) is 4.46. The van der Waals surface area contributed by atoms with Crippen LogP contribution in [0.5, 0.6) is 0 Å². The minimum atomic E-state index is -4.32. The number of hydrogen-bond donors (Lipinski definition) is 3. The van der Waals surface area contributed by atoms with Gasteiger partial charge in [0.05, 0.1) is 6.42 Å². The first kappa shape index (κ1) is 15.5. The van der Waals surface area contributed by atoms with Gasteiger partial charge in [0.2, 0.25) is 15.9 Å². The van der Waals surface area contributed by atoms with Crippen molar-refractivity contribution < 1.29 is 23.1 Å². The Morgan fingerprint density at radius 3 is 2.70 bits per heavy atom. The summed E-state index contributed by atoms with van der Waals surface area (Å²) in [7, 11) is -4.32. The molecule has 10 heteroatoms. The van der Waals surface area contributed by atoms with Crippen LogP contribution in [0.4, 0.5) is 0 Å². The fourth-order valence-electron chi connectivity index (χ4n) is 1.32. The number of nitrogens with two attached hydrogens (primary N) is 1. The van der Waals surface area contributed by atoms with Gasteiger partial charge in [-0.2, -0.15) is 9.98 Å². The van der Waals surface area contributed by atoms with Crippen molar-refractivity contribution in [3.63, 3.8) is 0 Å². The third-order valence-electron chi connectivity index (χ3n) is 2.17. The highest BCUT2D eigenvalue weighted by Gasteiger charge is 2.28. The van der Waals surface area contributed by atoms with E-state index in [0.717, 1.165) is 6.07 Å². The highest BCUT2D eigenvalue weighted by atomic mass is 32.2. The number of carboxylic acids is 1. The summed E-state index contributed by atoms with van der Waals surface area (Å²) in [6, 6.07) is 2.23. The van der Waals surface area contributed by atoms with Crippen molar-refractivity contribution in [3.8, 4) is 6.07 Å². The number of nitrogens with zero attached hydrogens (tertiary/aromatic N) is 2. The number of nitrogens with one attached hydrogen (secondary N) is 1. The van der Waals surface area contributed by atoms with Gasteiger partial charge in [-0.25, -0.2) is 13.4 Å². The molecule has 0 aromatic carbocycles. The molecule has 9 nitrogen and oxygen atoms in total. The van der Waals surface area contributed by atoms with Gasteiger partial charge in [0.1, 0.15) is 17.0 Å².